The molecule has 0 aromatic carbocycles. The number of aromatic nitrogens is 3. The van der Waals surface area contributed by atoms with E-state index in [0.717, 1.165) is 17.3 Å². The molecule has 0 amide bonds. The molecule has 2 heterocycles. The topological polar surface area (TPSA) is 59.9 Å². The maximum Gasteiger partial charge on any atom is 0.421 e. The summed E-state index contributed by atoms with van der Waals surface area (Å²) in [5, 5.41) is 3.04. The molecular formula is C15H17F3N4O. The number of nitrogens with one attached hydrogen (secondary N) is 1. The second-order valence-corrected chi connectivity index (χ2v) is 4.96. The molecule has 0 fully saturated rings. The van der Waals surface area contributed by atoms with Crippen LogP contribution in [0.15, 0.2) is 18.3 Å². The highest BCUT2D eigenvalue weighted by Gasteiger charge is 2.34. The maximum absolute atomic E-state index is 12.8. The first kappa shape index (κ1) is 17.0. The molecule has 0 spiro atoms. The third kappa shape index (κ3) is 4.30. The highest BCUT2D eigenvalue weighted by molar-refractivity contribution is 5.45. The Balaban J connectivity index is 1.97. The van der Waals surface area contributed by atoms with Crippen LogP contribution in [0.1, 0.15) is 22.6 Å². The number of anilines is 1. The van der Waals surface area contributed by atoms with Gasteiger partial charge in [-0.25, -0.2) is 15.0 Å². The van der Waals surface area contributed by atoms with Crippen molar-refractivity contribution in [2.24, 2.45) is 0 Å². The van der Waals surface area contributed by atoms with Crippen LogP contribution in [-0.4, -0.2) is 28.1 Å². The molecule has 2 aromatic rings. The van der Waals surface area contributed by atoms with E-state index in [9.17, 15) is 13.2 Å². The SMILES string of the molecule is Cc1nc(C)c(C)c(NCCOc2ncccc2C(F)(F)F)n1. The molecule has 23 heavy (non-hydrogen) atoms. The summed E-state index contributed by atoms with van der Waals surface area (Å²) in [6.07, 6.45) is -3.23. The molecule has 5 nitrogen and oxygen atoms in total. The standard InChI is InChI=1S/C15H17F3N4O/c1-9-10(2)21-11(3)22-13(9)19-7-8-23-14-12(15(16,17)18)5-4-6-20-14/h4-6H,7-8H2,1-3H3,(H,19,21,22). The summed E-state index contributed by atoms with van der Waals surface area (Å²) in [5.41, 5.74) is 0.860. The van der Waals surface area contributed by atoms with Crippen LogP contribution in [0.3, 0.4) is 0 Å². The fraction of sp³-hybridized carbons (Fsp3) is 0.400. The number of pyridine rings is 1. The Morgan fingerprint density at radius 2 is 1.91 bits per heavy atom. The zero-order valence-electron chi connectivity index (χ0n) is 13.0. The van der Waals surface area contributed by atoms with Gasteiger partial charge in [-0.2, -0.15) is 13.2 Å². The van der Waals surface area contributed by atoms with Crippen LogP contribution in [0.5, 0.6) is 5.88 Å². The molecular weight excluding hydrogens is 309 g/mol. The zero-order valence-corrected chi connectivity index (χ0v) is 13.0. The van der Waals surface area contributed by atoms with Gasteiger partial charge in [0, 0.05) is 17.5 Å². The lowest BCUT2D eigenvalue weighted by atomic mass is 10.2. The Labute approximate surface area is 131 Å². The van der Waals surface area contributed by atoms with Gasteiger partial charge in [-0.15, -0.1) is 0 Å². The quantitative estimate of drug-likeness (QED) is 0.854. The van der Waals surface area contributed by atoms with E-state index in [0.29, 0.717) is 18.2 Å². The average Bonchev–Trinajstić information content (AvgIpc) is 2.47. The Bertz CT molecular complexity index is 689. The number of halogens is 3. The summed E-state index contributed by atoms with van der Waals surface area (Å²) in [4.78, 5) is 12.1. The molecule has 2 rings (SSSR count). The lowest BCUT2D eigenvalue weighted by Gasteiger charge is -2.14. The summed E-state index contributed by atoms with van der Waals surface area (Å²) in [5.74, 6) is 0.852. The minimum Gasteiger partial charge on any atom is -0.475 e. The molecule has 1 N–H and O–H groups in total. The van der Waals surface area contributed by atoms with E-state index in [1.165, 1.54) is 12.3 Å². The monoisotopic (exact) mass is 326 g/mol. The van der Waals surface area contributed by atoms with Crippen molar-refractivity contribution >= 4 is 5.82 Å². The molecule has 0 atom stereocenters. The molecule has 8 heteroatoms. The Kier molecular flexibility index (Phi) is 5.02. The van der Waals surface area contributed by atoms with E-state index in [4.69, 9.17) is 4.74 Å². The molecule has 0 radical (unpaired) electrons. The first-order valence-electron chi connectivity index (χ1n) is 6.99. The Hall–Kier alpha value is -2.38. The molecule has 124 valence electrons. The van der Waals surface area contributed by atoms with Crippen LogP contribution < -0.4 is 10.1 Å². The first-order valence-corrected chi connectivity index (χ1v) is 6.99. The highest BCUT2D eigenvalue weighted by atomic mass is 19.4. The van der Waals surface area contributed by atoms with E-state index >= 15 is 0 Å². The molecule has 0 saturated heterocycles. The molecule has 0 aliphatic carbocycles. The van der Waals surface area contributed by atoms with E-state index < -0.39 is 17.6 Å². The second-order valence-electron chi connectivity index (χ2n) is 4.96. The summed E-state index contributed by atoms with van der Waals surface area (Å²) >= 11 is 0. The van der Waals surface area contributed by atoms with Crippen LogP contribution in [-0.2, 0) is 6.18 Å². The summed E-state index contributed by atoms with van der Waals surface area (Å²) < 4.78 is 43.6. The smallest absolute Gasteiger partial charge is 0.421 e. The van der Waals surface area contributed by atoms with Crippen LogP contribution in [0.25, 0.3) is 0 Å². The van der Waals surface area contributed by atoms with Gasteiger partial charge < -0.3 is 10.1 Å². The fourth-order valence-corrected chi connectivity index (χ4v) is 1.98. The van der Waals surface area contributed by atoms with Crippen molar-refractivity contribution < 1.29 is 17.9 Å². The van der Waals surface area contributed by atoms with Gasteiger partial charge >= 0.3 is 6.18 Å². The summed E-state index contributed by atoms with van der Waals surface area (Å²) in [6, 6.07) is 2.17. The van der Waals surface area contributed by atoms with Gasteiger partial charge in [0.25, 0.3) is 0 Å². The van der Waals surface area contributed by atoms with E-state index in [1.807, 2.05) is 13.8 Å². The highest BCUT2D eigenvalue weighted by Crippen LogP contribution is 2.34. The van der Waals surface area contributed by atoms with Gasteiger partial charge in [-0.3, -0.25) is 0 Å². The van der Waals surface area contributed by atoms with Crippen molar-refractivity contribution in [1.82, 2.24) is 15.0 Å². The predicted octanol–water partition coefficient (Wildman–Crippen LogP) is 3.31. The molecule has 0 unspecified atom stereocenters. The van der Waals surface area contributed by atoms with Crippen LogP contribution in [0.4, 0.5) is 19.0 Å². The van der Waals surface area contributed by atoms with Gasteiger partial charge in [-0.1, -0.05) is 0 Å². The van der Waals surface area contributed by atoms with Crippen molar-refractivity contribution in [3.05, 3.63) is 41.0 Å². The van der Waals surface area contributed by atoms with Gasteiger partial charge in [0.2, 0.25) is 5.88 Å². The average molecular weight is 326 g/mol. The number of aryl methyl sites for hydroxylation is 2. The fourth-order valence-electron chi connectivity index (χ4n) is 1.98. The van der Waals surface area contributed by atoms with Crippen molar-refractivity contribution in [2.45, 2.75) is 26.9 Å². The number of hydrogen-bond donors (Lipinski definition) is 1. The van der Waals surface area contributed by atoms with E-state index in [-0.39, 0.29) is 6.61 Å². The van der Waals surface area contributed by atoms with Crippen LogP contribution in [0, 0.1) is 20.8 Å². The number of rotatable bonds is 5. The second kappa shape index (κ2) is 6.80. The third-order valence-corrected chi connectivity index (χ3v) is 3.21. The summed E-state index contributed by atoms with van der Waals surface area (Å²) in [6.45, 7) is 5.84. The molecule has 0 aliphatic heterocycles. The van der Waals surface area contributed by atoms with Gasteiger partial charge in [0.1, 0.15) is 23.8 Å². The number of hydrogen-bond acceptors (Lipinski definition) is 5. The molecule has 0 saturated carbocycles. The van der Waals surface area contributed by atoms with E-state index in [2.05, 4.69) is 20.3 Å². The lowest BCUT2D eigenvalue weighted by molar-refractivity contribution is -0.139. The van der Waals surface area contributed by atoms with Crippen LogP contribution in [0.2, 0.25) is 0 Å². The predicted molar refractivity (Wildman–Crippen MR) is 79.5 cm³/mol. The Morgan fingerprint density at radius 3 is 2.61 bits per heavy atom. The molecule has 2 aromatic heterocycles. The normalized spacial score (nSPS) is 11.4. The van der Waals surface area contributed by atoms with Gasteiger partial charge in [-0.05, 0) is 32.9 Å². The van der Waals surface area contributed by atoms with Gasteiger partial charge in [0.15, 0.2) is 0 Å². The summed E-state index contributed by atoms with van der Waals surface area (Å²) in [7, 11) is 0. The molecule has 0 aliphatic rings. The van der Waals surface area contributed by atoms with Crippen molar-refractivity contribution in [3.8, 4) is 5.88 Å². The Morgan fingerprint density at radius 1 is 1.17 bits per heavy atom. The molecule has 0 bridgehead atoms. The van der Waals surface area contributed by atoms with Crippen molar-refractivity contribution in [3.63, 3.8) is 0 Å². The van der Waals surface area contributed by atoms with E-state index in [1.54, 1.807) is 6.92 Å². The maximum atomic E-state index is 12.8. The minimum absolute atomic E-state index is 0.0294. The van der Waals surface area contributed by atoms with Crippen molar-refractivity contribution in [2.75, 3.05) is 18.5 Å². The number of alkyl halides is 3. The van der Waals surface area contributed by atoms with Crippen LogP contribution >= 0.6 is 0 Å². The minimum atomic E-state index is -4.49. The number of nitrogens with zero attached hydrogens (tertiary/aromatic N) is 3. The largest absolute Gasteiger partial charge is 0.475 e. The van der Waals surface area contributed by atoms with Gasteiger partial charge in [0.05, 0.1) is 6.54 Å². The lowest BCUT2D eigenvalue weighted by Crippen LogP contribution is -2.17. The third-order valence-electron chi connectivity index (χ3n) is 3.21. The first-order chi connectivity index (χ1) is 10.8. The number of ether oxygens (including phenoxy) is 1. The van der Waals surface area contributed by atoms with Crippen molar-refractivity contribution in [1.29, 1.82) is 0 Å². The zero-order chi connectivity index (χ0) is 17.0.